The van der Waals surface area contributed by atoms with Crippen LogP contribution in [0.1, 0.15) is 37.0 Å². The molecule has 0 bridgehead atoms. The molecule has 1 heterocycles. The van der Waals surface area contributed by atoms with Crippen LogP contribution < -0.4 is 5.32 Å². The molecule has 3 rings (SSSR count). The van der Waals surface area contributed by atoms with Crippen LogP contribution in [0.25, 0.3) is 0 Å². The van der Waals surface area contributed by atoms with Crippen molar-refractivity contribution in [3.05, 3.63) is 83.4 Å². The Morgan fingerprint density at radius 2 is 1.52 bits per heavy atom. The number of carbonyl (C=O) groups is 5. The maximum Gasteiger partial charge on any atom is 0.328 e. The number of rotatable bonds is 11. The summed E-state index contributed by atoms with van der Waals surface area (Å²) in [5.41, 5.74) is 2.97. The molecule has 0 spiro atoms. The average Bonchev–Trinajstić information content (AvgIpc) is 2.93. The Labute approximate surface area is 232 Å². The number of aryl methyl sites for hydroxylation is 1. The number of hydrogen-bond acceptors (Lipinski definition) is 7. The number of hydrogen-bond donors (Lipinski definition) is 4. The number of benzene rings is 2. The predicted octanol–water partition coefficient (Wildman–Crippen LogP) is 2.28. The summed E-state index contributed by atoms with van der Waals surface area (Å²) in [6, 6.07) is 15.0. The molecule has 11 heteroatoms. The zero-order valence-corrected chi connectivity index (χ0v) is 22.4. The first-order valence-corrected chi connectivity index (χ1v) is 12.7. The second-order valence-electron chi connectivity index (χ2n) is 9.02. The van der Waals surface area contributed by atoms with Gasteiger partial charge >= 0.3 is 23.9 Å². The molecule has 0 saturated carbocycles. The Morgan fingerprint density at radius 3 is 2.08 bits per heavy atom. The third kappa shape index (κ3) is 9.99. The lowest BCUT2D eigenvalue weighted by atomic mass is 9.93. The van der Waals surface area contributed by atoms with E-state index in [1.165, 1.54) is 4.90 Å². The number of carbonyl (C=O) groups excluding carboxylic acids is 2. The zero-order valence-electron chi connectivity index (χ0n) is 22.4. The van der Waals surface area contributed by atoms with Gasteiger partial charge in [0.2, 0.25) is 5.91 Å². The largest absolute Gasteiger partial charge is 0.480 e. The Morgan fingerprint density at radius 1 is 0.950 bits per heavy atom. The van der Waals surface area contributed by atoms with Crippen LogP contribution in [0.5, 0.6) is 0 Å². The fourth-order valence-electron chi connectivity index (χ4n) is 4.21. The van der Waals surface area contributed by atoms with Gasteiger partial charge in [-0.25, -0.2) is 14.4 Å². The van der Waals surface area contributed by atoms with Crippen LogP contribution in [-0.4, -0.2) is 74.7 Å². The maximum atomic E-state index is 13.3. The van der Waals surface area contributed by atoms with Gasteiger partial charge in [0.05, 0.1) is 12.6 Å². The van der Waals surface area contributed by atoms with E-state index < -0.39 is 42.0 Å². The van der Waals surface area contributed by atoms with Crippen molar-refractivity contribution < 1.29 is 44.0 Å². The molecule has 1 aliphatic heterocycles. The van der Waals surface area contributed by atoms with Crippen LogP contribution in [0.2, 0.25) is 0 Å². The maximum absolute atomic E-state index is 13.3. The molecular formula is C29H34N2O9. The Bertz CT molecular complexity index is 1200. The number of esters is 1. The minimum absolute atomic E-state index is 0.228. The van der Waals surface area contributed by atoms with Crippen molar-refractivity contribution >= 4 is 29.8 Å². The Hall–Kier alpha value is -4.51. The van der Waals surface area contributed by atoms with Gasteiger partial charge in [-0.1, -0.05) is 54.6 Å². The summed E-state index contributed by atoms with van der Waals surface area (Å²) in [6.45, 7) is 3.88. The van der Waals surface area contributed by atoms with Gasteiger partial charge in [0, 0.05) is 25.1 Å². The number of carboxylic acid groups (broad SMARTS) is 3. The molecule has 3 atom stereocenters. The van der Waals surface area contributed by atoms with E-state index in [0.717, 1.165) is 16.7 Å². The Balaban J connectivity index is 0.000000611. The first-order valence-electron chi connectivity index (χ1n) is 12.7. The summed E-state index contributed by atoms with van der Waals surface area (Å²) < 4.78 is 5.20. The van der Waals surface area contributed by atoms with Gasteiger partial charge in [0.1, 0.15) is 12.1 Å². The first kappa shape index (κ1) is 31.7. The van der Waals surface area contributed by atoms with Gasteiger partial charge in [-0.3, -0.25) is 14.9 Å². The van der Waals surface area contributed by atoms with E-state index >= 15 is 0 Å². The second-order valence-corrected chi connectivity index (χ2v) is 9.02. The number of amides is 1. The van der Waals surface area contributed by atoms with Crippen molar-refractivity contribution in [2.75, 3.05) is 6.61 Å². The molecule has 0 fully saturated rings. The van der Waals surface area contributed by atoms with Crippen molar-refractivity contribution in [2.24, 2.45) is 0 Å². The molecule has 2 aromatic carbocycles. The molecule has 1 aliphatic rings. The number of carboxylic acids is 3. The molecule has 1 amide bonds. The van der Waals surface area contributed by atoms with Gasteiger partial charge in [-0.2, -0.15) is 0 Å². The van der Waals surface area contributed by atoms with E-state index in [0.29, 0.717) is 25.0 Å². The second kappa shape index (κ2) is 15.8. The normalized spacial score (nSPS) is 15.7. The van der Waals surface area contributed by atoms with Crippen molar-refractivity contribution in [3.63, 3.8) is 0 Å². The van der Waals surface area contributed by atoms with E-state index in [1.54, 1.807) is 13.8 Å². The minimum atomic E-state index is -1.26. The van der Waals surface area contributed by atoms with Gasteiger partial charge in [0.25, 0.3) is 0 Å². The van der Waals surface area contributed by atoms with Gasteiger partial charge < -0.3 is 25.0 Å². The standard InChI is InChI=1S/C25H30N2O5.C4H4O4/c1-3-32-25(31)21(14-13-18-9-5-4-6-10-18)26-17(2)23(28)27-16-20-12-8-7-11-19(20)15-22(27)24(29)30;5-3(6)1-2-4(7)8/h4-12,17,21-22,26H,3,13-16H2,1-2H3,(H,29,30);1-2H,(H,5,6)(H,7,8)/b;2-1-/t17-,21-,22-;/m0./s1. The molecule has 0 unspecified atom stereocenters. The average molecular weight is 555 g/mol. The molecule has 4 N–H and O–H groups in total. The molecular weight excluding hydrogens is 520 g/mol. The quantitative estimate of drug-likeness (QED) is 0.239. The molecule has 0 radical (unpaired) electrons. The van der Waals surface area contributed by atoms with Crippen LogP contribution in [0, 0.1) is 0 Å². The van der Waals surface area contributed by atoms with Crippen LogP contribution in [0.15, 0.2) is 66.7 Å². The highest BCUT2D eigenvalue weighted by molar-refractivity contribution is 5.90. The lowest BCUT2D eigenvalue weighted by Crippen LogP contribution is -2.56. The summed E-state index contributed by atoms with van der Waals surface area (Å²) in [5, 5.41) is 28.4. The van der Waals surface area contributed by atoms with Gasteiger partial charge in [-0.15, -0.1) is 0 Å². The topological polar surface area (TPSA) is 171 Å². The smallest absolute Gasteiger partial charge is 0.328 e. The molecule has 40 heavy (non-hydrogen) atoms. The van der Waals surface area contributed by atoms with Crippen LogP contribution >= 0.6 is 0 Å². The van der Waals surface area contributed by atoms with Crippen molar-refractivity contribution in [1.29, 1.82) is 0 Å². The van der Waals surface area contributed by atoms with Crippen molar-refractivity contribution in [2.45, 2.75) is 57.8 Å². The van der Waals surface area contributed by atoms with Crippen molar-refractivity contribution in [3.8, 4) is 0 Å². The number of ether oxygens (including phenoxy) is 1. The third-order valence-electron chi connectivity index (χ3n) is 6.14. The SMILES string of the molecule is CCOC(=O)[C@H](CCc1ccccc1)N[C@@H](C)C(=O)N1Cc2ccccc2C[C@H]1C(=O)O.O=C(O)/C=C\C(=O)O. The third-order valence-corrected chi connectivity index (χ3v) is 6.14. The number of fused-ring (bicyclic) bond motifs is 1. The molecule has 11 nitrogen and oxygen atoms in total. The molecule has 0 aromatic heterocycles. The fraction of sp³-hybridized carbons (Fsp3) is 0.345. The lowest BCUT2D eigenvalue weighted by Gasteiger charge is -2.36. The summed E-state index contributed by atoms with van der Waals surface area (Å²) in [7, 11) is 0. The van der Waals surface area contributed by atoms with E-state index in [1.807, 2.05) is 54.6 Å². The Kier molecular flexibility index (Phi) is 12.5. The summed E-state index contributed by atoms with van der Waals surface area (Å²) in [4.78, 5) is 58.2. The van der Waals surface area contributed by atoms with Crippen LogP contribution in [0.3, 0.4) is 0 Å². The monoisotopic (exact) mass is 554 g/mol. The molecule has 2 aromatic rings. The van der Waals surface area contributed by atoms with Crippen LogP contribution in [0.4, 0.5) is 0 Å². The zero-order chi connectivity index (χ0) is 29.7. The first-order chi connectivity index (χ1) is 19.0. The van der Waals surface area contributed by atoms with Crippen LogP contribution in [-0.2, 0) is 48.1 Å². The highest BCUT2D eigenvalue weighted by atomic mass is 16.5. The van der Waals surface area contributed by atoms with E-state index in [2.05, 4.69) is 5.32 Å². The number of aliphatic carboxylic acids is 3. The summed E-state index contributed by atoms with van der Waals surface area (Å²) >= 11 is 0. The predicted molar refractivity (Wildman–Crippen MR) is 144 cm³/mol. The highest BCUT2D eigenvalue weighted by Crippen LogP contribution is 2.24. The minimum Gasteiger partial charge on any atom is -0.480 e. The lowest BCUT2D eigenvalue weighted by molar-refractivity contribution is -0.153. The van der Waals surface area contributed by atoms with E-state index in [9.17, 15) is 29.1 Å². The van der Waals surface area contributed by atoms with Crippen molar-refractivity contribution in [1.82, 2.24) is 10.2 Å². The number of nitrogens with zero attached hydrogens (tertiary/aromatic N) is 1. The summed E-state index contributed by atoms with van der Waals surface area (Å²) in [6.07, 6.45) is 2.49. The van der Waals surface area contributed by atoms with E-state index in [-0.39, 0.29) is 25.5 Å². The van der Waals surface area contributed by atoms with E-state index in [4.69, 9.17) is 14.9 Å². The van der Waals surface area contributed by atoms with Gasteiger partial charge in [0.15, 0.2) is 0 Å². The fourth-order valence-corrected chi connectivity index (χ4v) is 4.21. The molecule has 214 valence electrons. The van der Waals surface area contributed by atoms with Gasteiger partial charge in [-0.05, 0) is 43.4 Å². The molecule has 0 saturated heterocycles. The molecule has 0 aliphatic carbocycles. The number of nitrogens with one attached hydrogen (secondary N) is 1. The summed E-state index contributed by atoms with van der Waals surface area (Å²) in [5.74, 6) is -4.31. The highest BCUT2D eigenvalue weighted by Gasteiger charge is 2.37.